The maximum absolute atomic E-state index is 11.9. The normalized spacial score (nSPS) is 25.6. The Morgan fingerprint density at radius 2 is 2.06 bits per heavy atom. The lowest BCUT2D eigenvalue weighted by atomic mass is 10.2. The third-order valence-electron chi connectivity index (χ3n) is 3.27. The van der Waals surface area contributed by atoms with Crippen LogP contribution in [0, 0.1) is 0 Å². The quantitative estimate of drug-likeness (QED) is 0.542. The van der Waals surface area contributed by atoms with Crippen molar-refractivity contribution in [2.45, 2.75) is 57.5 Å². The summed E-state index contributed by atoms with van der Waals surface area (Å²) in [7, 11) is 0. The molecule has 0 aromatic rings. The Bertz CT molecular complexity index is 287. The van der Waals surface area contributed by atoms with Crippen LogP contribution in [-0.2, 0) is 9.59 Å². The highest BCUT2D eigenvalue weighted by Crippen LogP contribution is 2.31. The minimum Gasteiger partial charge on any atom is -0.305 e. The number of hydrogen-bond donors (Lipinski definition) is 1. The van der Waals surface area contributed by atoms with Gasteiger partial charge in [-0.15, -0.1) is 0 Å². The number of carbonyl (C=O) groups is 2. The molecule has 2 rings (SSSR count). The van der Waals surface area contributed by atoms with Gasteiger partial charge in [-0.1, -0.05) is 19.8 Å². The largest absolute Gasteiger partial charge is 0.305 e. The van der Waals surface area contributed by atoms with Gasteiger partial charge in [0.15, 0.2) is 0 Å². The second-order valence-corrected chi connectivity index (χ2v) is 4.75. The monoisotopic (exact) mass is 224 g/mol. The van der Waals surface area contributed by atoms with Gasteiger partial charge in [-0.2, -0.15) is 0 Å². The number of likely N-dealkylation sites (tertiary alicyclic amines) is 1. The third kappa shape index (κ3) is 2.43. The van der Waals surface area contributed by atoms with Crippen LogP contribution < -0.4 is 5.32 Å². The number of carbonyl (C=O) groups excluding carboxylic acids is 2. The Morgan fingerprint density at radius 1 is 1.31 bits per heavy atom. The molecule has 1 aliphatic heterocycles. The third-order valence-corrected chi connectivity index (χ3v) is 3.27. The average Bonchev–Trinajstić information content (AvgIpc) is 3.03. The summed E-state index contributed by atoms with van der Waals surface area (Å²) in [6.45, 7) is 3.00. The molecule has 1 aliphatic carbocycles. The molecule has 16 heavy (non-hydrogen) atoms. The van der Waals surface area contributed by atoms with Gasteiger partial charge in [0, 0.05) is 6.04 Å². The highest BCUT2D eigenvalue weighted by molar-refractivity contribution is 6.06. The molecule has 0 bridgehead atoms. The van der Waals surface area contributed by atoms with Crippen LogP contribution in [-0.4, -0.2) is 35.3 Å². The molecular formula is C12H20N2O2. The van der Waals surface area contributed by atoms with E-state index in [-0.39, 0.29) is 23.9 Å². The first-order valence-corrected chi connectivity index (χ1v) is 6.33. The van der Waals surface area contributed by atoms with Crippen LogP contribution in [0.2, 0.25) is 0 Å². The van der Waals surface area contributed by atoms with E-state index in [1.54, 1.807) is 0 Å². The van der Waals surface area contributed by atoms with Crippen LogP contribution >= 0.6 is 0 Å². The lowest BCUT2D eigenvalue weighted by molar-refractivity contribution is -0.139. The maximum Gasteiger partial charge on any atom is 0.247 e. The number of unbranched alkanes of at least 4 members (excludes halogenated alkanes) is 2. The van der Waals surface area contributed by atoms with Gasteiger partial charge in [0.25, 0.3) is 0 Å². The first-order valence-electron chi connectivity index (χ1n) is 6.33. The Hall–Kier alpha value is -0.900. The Kier molecular flexibility index (Phi) is 3.59. The molecule has 0 spiro atoms. The van der Waals surface area contributed by atoms with Crippen molar-refractivity contribution in [3.8, 4) is 0 Å². The fourth-order valence-corrected chi connectivity index (χ4v) is 2.18. The van der Waals surface area contributed by atoms with E-state index < -0.39 is 0 Å². The topological polar surface area (TPSA) is 49.4 Å². The minimum absolute atomic E-state index is 0.00370. The molecule has 0 radical (unpaired) electrons. The number of hydrogen-bond acceptors (Lipinski definition) is 3. The molecule has 1 unspecified atom stereocenters. The fourth-order valence-electron chi connectivity index (χ4n) is 2.18. The molecule has 4 heteroatoms. The van der Waals surface area contributed by atoms with E-state index >= 15 is 0 Å². The van der Waals surface area contributed by atoms with Crippen molar-refractivity contribution in [1.29, 1.82) is 0 Å². The van der Waals surface area contributed by atoms with Gasteiger partial charge < -0.3 is 5.32 Å². The molecule has 1 saturated carbocycles. The molecule has 1 atom stereocenters. The molecule has 4 nitrogen and oxygen atoms in total. The predicted octanol–water partition coefficient (Wildman–Crippen LogP) is 1.06. The molecule has 0 aromatic carbocycles. The molecule has 2 fully saturated rings. The van der Waals surface area contributed by atoms with Gasteiger partial charge in [0.05, 0.1) is 12.5 Å². The van der Waals surface area contributed by atoms with E-state index in [1.165, 1.54) is 17.7 Å². The number of imide groups is 1. The SMILES string of the molecule is CCCCCNC1CC(=O)N(C2CC2)C1=O. The van der Waals surface area contributed by atoms with Crippen molar-refractivity contribution in [2.24, 2.45) is 0 Å². The molecule has 1 saturated heterocycles. The highest BCUT2D eigenvalue weighted by atomic mass is 16.2. The summed E-state index contributed by atoms with van der Waals surface area (Å²) in [6, 6.07) is -0.0209. The van der Waals surface area contributed by atoms with Gasteiger partial charge in [-0.25, -0.2) is 0 Å². The lowest BCUT2D eigenvalue weighted by Crippen LogP contribution is -2.40. The van der Waals surface area contributed by atoms with E-state index in [2.05, 4.69) is 12.2 Å². The Morgan fingerprint density at radius 3 is 2.69 bits per heavy atom. The van der Waals surface area contributed by atoms with Gasteiger partial charge in [0.2, 0.25) is 11.8 Å². The van der Waals surface area contributed by atoms with Crippen molar-refractivity contribution in [3.05, 3.63) is 0 Å². The summed E-state index contributed by atoms with van der Waals surface area (Å²) in [5, 5.41) is 3.20. The van der Waals surface area contributed by atoms with Crippen LogP contribution in [0.1, 0.15) is 45.4 Å². The van der Waals surface area contributed by atoms with Crippen molar-refractivity contribution >= 4 is 11.8 Å². The number of nitrogens with zero attached hydrogens (tertiary/aromatic N) is 1. The van der Waals surface area contributed by atoms with E-state index in [1.807, 2.05) is 0 Å². The van der Waals surface area contributed by atoms with Crippen LogP contribution in [0.15, 0.2) is 0 Å². The van der Waals surface area contributed by atoms with Crippen LogP contribution in [0.5, 0.6) is 0 Å². The van der Waals surface area contributed by atoms with Crippen molar-refractivity contribution < 1.29 is 9.59 Å². The fraction of sp³-hybridized carbons (Fsp3) is 0.833. The molecule has 0 aromatic heterocycles. The predicted molar refractivity (Wildman–Crippen MR) is 60.8 cm³/mol. The zero-order chi connectivity index (χ0) is 11.5. The summed E-state index contributed by atoms with van der Waals surface area (Å²) >= 11 is 0. The zero-order valence-electron chi connectivity index (χ0n) is 9.87. The van der Waals surface area contributed by atoms with Crippen LogP contribution in [0.4, 0.5) is 0 Å². The molecule has 2 amide bonds. The average molecular weight is 224 g/mol. The van der Waals surface area contributed by atoms with Gasteiger partial charge >= 0.3 is 0 Å². The second-order valence-electron chi connectivity index (χ2n) is 4.75. The zero-order valence-corrected chi connectivity index (χ0v) is 9.87. The Labute approximate surface area is 96.4 Å². The maximum atomic E-state index is 11.9. The molecule has 1 heterocycles. The molecule has 90 valence electrons. The number of nitrogens with one attached hydrogen (secondary N) is 1. The van der Waals surface area contributed by atoms with E-state index in [9.17, 15) is 9.59 Å². The second kappa shape index (κ2) is 4.95. The summed E-state index contributed by atoms with van der Waals surface area (Å²) in [6.07, 6.45) is 5.79. The number of rotatable bonds is 6. The highest BCUT2D eigenvalue weighted by Gasteiger charge is 2.45. The van der Waals surface area contributed by atoms with E-state index in [0.717, 1.165) is 25.8 Å². The minimum atomic E-state index is -0.245. The number of amides is 2. The van der Waals surface area contributed by atoms with Crippen LogP contribution in [0.3, 0.4) is 0 Å². The Balaban J connectivity index is 1.78. The van der Waals surface area contributed by atoms with Gasteiger partial charge in [-0.05, 0) is 25.8 Å². The standard InChI is InChI=1S/C12H20N2O2/c1-2-3-4-7-13-10-8-11(15)14(12(10)16)9-5-6-9/h9-10,13H,2-8H2,1H3. The first-order chi connectivity index (χ1) is 7.74. The van der Waals surface area contributed by atoms with Gasteiger partial charge in [-0.3, -0.25) is 14.5 Å². The molecule has 2 aliphatic rings. The molecule has 1 N–H and O–H groups in total. The summed E-state index contributed by atoms with van der Waals surface area (Å²) in [5.41, 5.74) is 0. The van der Waals surface area contributed by atoms with Crippen molar-refractivity contribution in [1.82, 2.24) is 10.2 Å². The van der Waals surface area contributed by atoms with Crippen molar-refractivity contribution in [3.63, 3.8) is 0 Å². The van der Waals surface area contributed by atoms with E-state index in [4.69, 9.17) is 0 Å². The molecular weight excluding hydrogens is 204 g/mol. The smallest absolute Gasteiger partial charge is 0.247 e. The lowest BCUT2D eigenvalue weighted by Gasteiger charge is -2.14. The summed E-state index contributed by atoms with van der Waals surface area (Å²) < 4.78 is 0. The summed E-state index contributed by atoms with van der Waals surface area (Å²) in [5.74, 6) is 0.0180. The summed E-state index contributed by atoms with van der Waals surface area (Å²) in [4.78, 5) is 25.0. The van der Waals surface area contributed by atoms with Gasteiger partial charge in [0.1, 0.15) is 0 Å². The van der Waals surface area contributed by atoms with Crippen LogP contribution in [0.25, 0.3) is 0 Å². The van der Waals surface area contributed by atoms with Crippen molar-refractivity contribution in [2.75, 3.05) is 6.54 Å². The van der Waals surface area contributed by atoms with E-state index in [0.29, 0.717) is 6.42 Å². The first kappa shape index (κ1) is 11.6.